The second-order valence-corrected chi connectivity index (χ2v) is 5.71. The zero-order chi connectivity index (χ0) is 15.5. The maximum Gasteiger partial charge on any atom is 0.229 e. The van der Waals surface area contributed by atoms with Gasteiger partial charge in [0.15, 0.2) is 0 Å². The zero-order valence-corrected chi connectivity index (χ0v) is 12.8. The molecule has 2 rings (SSSR count). The first-order valence-electron chi connectivity index (χ1n) is 7.04. The maximum atomic E-state index is 12.3. The molecule has 0 bridgehead atoms. The second-order valence-electron chi connectivity index (χ2n) is 5.71. The van der Waals surface area contributed by atoms with Crippen LogP contribution in [0.3, 0.4) is 0 Å². The van der Waals surface area contributed by atoms with Gasteiger partial charge >= 0.3 is 0 Å². The van der Waals surface area contributed by atoms with Crippen LogP contribution in [-0.4, -0.2) is 24.9 Å². The molecule has 2 aromatic rings. The molecule has 0 fully saturated rings. The summed E-state index contributed by atoms with van der Waals surface area (Å²) in [5, 5.41) is 0. The van der Waals surface area contributed by atoms with Crippen molar-refractivity contribution in [2.75, 3.05) is 14.1 Å². The minimum Gasteiger partial charge on any atom is -0.369 e. The van der Waals surface area contributed by atoms with Crippen LogP contribution in [0.5, 0.6) is 0 Å². The first-order chi connectivity index (χ1) is 9.98. The van der Waals surface area contributed by atoms with Crippen molar-refractivity contribution >= 4 is 5.91 Å². The number of nitrogens with two attached hydrogens (primary N) is 1. The average molecular weight is 282 g/mol. The van der Waals surface area contributed by atoms with Crippen molar-refractivity contribution in [3.05, 3.63) is 71.8 Å². The molecule has 3 nitrogen and oxygen atoms in total. The number of likely N-dealkylation sites (N-methyl/N-ethyl adjacent to an activating group) is 1. The summed E-state index contributed by atoms with van der Waals surface area (Å²) in [7, 11) is 3.95. The van der Waals surface area contributed by atoms with E-state index in [2.05, 4.69) is 0 Å². The zero-order valence-electron chi connectivity index (χ0n) is 12.8. The topological polar surface area (TPSA) is 46.3 Å². The molecule has 0 saturated carbocycles. The smallest absolute Gasteiger partial charge is 0.229 e. The number of primary amides is 1. The molecule has 110 valence electrons. The van der Waals surface area contributed by atoms with E-state index < -0.39 is 5.41 Å². The van der Waals surface area contributed by atoms with Crippen molar-refractivity contribution in [3.8, 4) is 0 Å². The predicted octanol–water partition coefficient (Wildman–Crippen LogP) is 2.73. The van der Waals surface area contributed by atoms with Gasteiger partial charge in [-0.2, -0.15) is 0 Å². The van der Waals surface area contributed by atoms with Gasteiger partial charge in [0.1, 0.15) is 0 Å². The molecule has 2 N–H and O–H groups in total. The fourth-order valence-electron chi connectivity index (χ4n) is 3.00. The highest BCUT2D eigenvalue weighted by Crippen LogP contribution is 2.40. The average Bonchev–Trinajstić information content (AvgIpc) is 2.48. The number of nitrogens with zero attached hydrogens (tertiary/aromatic N) is 1. The number of hydrogen-bond acceptors (Lipinski definition) is 2. The molecule has 1 amide bonds. The highest BCUT2D eigenvalue weighted by Gasteiger charge is 2.43. The van der Waals surface area contributed by atoms with Gasteiger partial charge in [0.25, 0.3) is 0 Å². The summed E-state index contributed by atoms with van der Waals surface area (Å²) in [4.78, 5) is 14.4. The Labute approximate surface area is 126 Å². The van der Waals surface area contributed by atoms with Crippen LogP contribution in [0, 0.1) is 0 Å². The maximum absolute atomic E-state index is 12.3. The Kier molecular flexibility index (Phi) is 4.43. The quantitative estimate of drug-likeness (QED) is 0.916. The lowest BCUT2D eigenvalue weighted by Crippen LogP contribution is -2.48. The van der Waals surface area contributed by atoms with E-state index in [1.54, 1.807) is 0 Å². The van der Waals surface area contributed by atoms with Gasteiger partial charge in [0.05, 0.1) is 11.5 Å². The minimum absolute atomic E-state index is 0.126. The lowest BCUT2D eigenvalue weighted by Gasteiger charge is -2.40. The third-order valence-electron chi connectivity index (χ3n) is 4.06. The van der Waals surface area contributed by atoms with Crippen molar-refractivity contribution in [1.82, 2.24) is 4.90 Å². The Morgan fingerprint density at radius 3 is 1.90 bits per heavy atom. The van der Waals surface area contributed by atoms with E-state index in [-0.39, 0.29) is 11.9 Å². The highest BCUT2D eigenvalue weighted by atomic mass is 16.1. The Morgan fingerprint density at radius 1 is 1.00 bits per heavy atom. The molecule has 2 unspecified atom stereocenters. The van der Waals surface area contributed by atoms with E-state index in [4.69, 9.17) is 5.73 Å². The van der Waals surface area contributed by atoms with Crippen molar-refractivity contribution < 1.29 is 4.79 Å². The van der Waals surface area contributed by atoms with Crippen LogP contribution >= 0.6 is 0 Å². The summed E-state index contributed by atoms with van der Waals surface area (Å²) < 4.78 is 0. The molecule has 2 aromatic carbocycles. The van der Waals surface area contributed by atoms with Gasteiger partial charge < -0.3 is 10.6 Å². The Morgan fingerprint density at radius 2 is 1.48 bits per heavy atom. The van der Waals surface area contributed by atoms with E-state index >= 15 is 0 Å². The van der Waals surface area contributed by atoms with Gasteiger partial charge in [-0.3, -0.25) is 4.79 Å². The van der Waals surface area contributed by atoms with E-state index in [0.717, 1.165) is 11.1 Å². The van der Waals surface area contributed by atoms with Crippen LogP contribution in [0.15, 0.2) is 60.7 Å². The summed E-state index contributed by atoms with van der Waals surface area (Å²) >= 11 is 0. The second kappa shape index (κ2) is 6.10. The Hall–Kier alpha value is -2.13. The molecule has 0 radical (unpaired) electrons. The molecule has 0 aliphatic carbocycles. The standard InChI is InChI=1S/C18H22N2O/c1-18(17(19)21,15-12-8-5-9-13-15)16(20(2)3)14-10-6-4-7-11-14/h4-13,16H,1-3H3,(H2,19,21). The third kappa shape index (κ3) is 2.83. The molecular weight excluding hydrogens is 260 g/mol. The number of amides is 1. The van der Waals surface area contributed by atoms with Crippen LogP contribution < -0.4 is 5.73 Å². The molecule has 0 spiro atoms. The fourth-order valence-corrected chi connectivity index (χ4v) is 3.00. The number of carbonyl (C=O) groups is 1. The molecular formula is C18H22N2O. The summed E-state index contributed by atoms with van der Waals surface area (Å²) in [6.07, 6.45) is 0. The Bertz CT molecular complexity index is 595. The van der Waals surface area contributed by atoms with Gasteiger partial charge in [-0.1, -0.05) is 60.7 Å². The molecule has 0 aromatic heterocycles. The minimum atomic E-state index is -0.799. The SMILES string of the molecule is CN(C)C(c1ccccc1)C(C)(C(N)=O)c1ccccc1. The lowest BCUT2D eigenvalue weighted by molar-refractivity contribution is -0.125. The van der Waals surface area contributed by atoms with Crippen LogP contribution in [0.1, 0.15) is 24.1 Å². The first-order valence-corrected chi connectivity index (χ1v) is 7.04. The van der Waals surface area contributed by atoms with Crippen LogP contribution in [-0.2, 0) is 10.2 Å². The molecule has 3 heteroatoms. The van der Waals surface area contributed by atoms with Crippen molar-refractivity contribution in [1.29, 1.82) is 0 Å². The first kappa shape index (κ1) is 15.3. The predicted molar refractivity (Wildman–Crippen MR) is 85.9 cm³/mol. The van der Waals surface area contributed by atoms with Crippen LogP contribution in [0.2, 0.25) is 0 Å². The number of rotatable bonds is 5. The number of hydrogen-bond donors (Lipinski definition) is 1. The van der Waals surface area contributed by atoms with E-state index in [1.807, 2.05) is 86.6 Å². The molecule has 2 atom stereocenters. The summed E-state index contributed by atoms with van der Waals surface area (Å²) in [5.41, 5.74) is 7.02. The molecule has 0 aliphatic rings. The summed E-state index contributed by atoms with van der Waals surface area (Å²) in [6.45, 7) is 1.92. The fraction of sp³-hybridized carbons (Fsp3) is 0.278. The summed E-state index contributed by atoms with van der Waals surface area (Å²) in [6, 6.07) is 19.6. The molecule has 0 aliphatic heterocycles. The molecule has 0 heterocycles. The monoisotopic (exact) mass is 282 g/mol. The van der Waals surface area contributed by atoms with E-state index in [9.17, 15) is 4.79 Å². The van der Waals surface area contributed by atoms with Crippen molar-refractivity contribution in [2.45, 2.75) is 18.4 Å². The largest absolute Gasteiger partial charge is 0.369 e. The third-order valence-corrected chi connectivity index (χ3v) is 4.06. The van der Waals surface area contributed by atoms with Gasteiger partial charge in [-0.15, -0.1) is 0 Å². The van der Waals surface area contributed by atoms with E-state index in [0.29, 0.717) is 0 Å². The van der Waals surface area contributed by atoms with Crippen LogP contribution in [0.4, 0.5) is 0 Å². The normalized spacial score (nSPS) is 15.4. The Balaban J connectivity index is 2.61. The number of carbonyl (C=O) groups excluding carboxylic acids is 1. The summed E-state index contributed by atoms with van der Waals surface area (Å²) in [5.74, 6) is -0.323. The van der Waals surface area contributed by atoms with E-state index in [1.165, 1.54) is 0 Å². The van der Waals surface area contributed by atoms with Gasteiger partial charge in [0, 0.05) is 0 Å². The van der Waals surface area contributed by atoms with Gasteiger partial charge in [0.2, 0.25) is 5.91 Å². The van der Waals surface area contributed by atoms with Gasteiger partial charge in [-0.05, 0) is 32.1 Å². The van der Waals surface area contributed by atoms with Crippen LogP contribution in [0.25, 0.3) is 0 Å². The van der Waals surface area contributed by atoms with Gasteiger partial charge in [-0.25, -0.2) is 0 Å². The number of benzene rings is 2. The lowest BCUT2D eigenvalue weighted by atomic mass is 9.72. The highest BCUT2D eigenvalue weighted by molar-refractivity contribution is 5.87. The molecule has 0 saturated heterocycles. The van der Waals surface area contributed by atoms with Crippen molar-refractivity contribution in [2.24, 2.45) is 5.73 Å². The molecule has 21 heavy (non-hydrogen) atoms. The van der Waals surface area contributed by atoms with Crippen molar-refractivity contribution in [3.63, 3.8) is 0 Å².